The highest BCUT2D eigenvalue weighted by molar-refractivity contribution is 7.70. The van der Waals surface area contributed by atoms with Gasteiger partial charge in [0.15, 0.2) is 0 Å². The molecular formula is C31H26NOP. The van der Waals surface area contributed by atoms with E-state index in [4.69, 9.17) is 4.98 Å². The number of hydrogen-bond donors (Lipinski definition) is 0. The highest BCUT2D eigenvalue weighted by Crippen LogP contribution is 2.42. The summed E-state index contributed by atoms with van der Waals surface area (Å²) in [7, 11) is -2.24. The van der Waals surface area contributed by atoms with Crippen molar-refractivity contribution in [2.45, 2.75) is 12.8 Å². The van der Waals surface area contributed by atoms with Crippen LogP contribution < -0.4 is 5.30 Å². The van der Waals surface area contributed by atoms with E-state index in [1.54, 1.807) is 0 Å². The summed E-state index contributed by atoms with van der Waals surface area (Å²) in [5, 5.41) is 2.13. The Labute approximate surface area is 200 Å². The third-order valence-corrected chi connectivity index (χ3v) is 8.45. The van der Waals surface area contributed by atoms with E-state index < -0.39 is 7.14 Å². The van der Waals surface area contributed by atoms with E-state index in [0.29, 0.717) is 0 Å². The van der Waals surface area contributed by atoms with Gasteiger partial charge < -0.3 is 4.57 Å². The molecule has 0 saturated carbocycles. The van der Waals surface area contributed by atoms with E-state index in [1.807, 2.05) is 25.5 Å². The molecule has 4 aromatic carbocycles. The SMILES string of the molecule is CP(C)(=O)c1ccc(-c2ccc(-c3c4c(nc5ccccc35)-c3ccccc3CC4)cc2)cc1. The molecule has 1 heterocycles. The van der Waals surface area contributed by atoms with Crippen molar-refractivity contribution < 1.29 is 4.57 Å². The quantitative estimate of drug-likeness (QED) is 0.260. The molecule has 0 atom stereocenters. The molecule has 3 heteroatoms. The number of para-hydroxylation sites is 1. The Morgan fingerprint density at radius 1 is 0.676 bits per heavy atom. The molecule has 0 N–H and O–H groups in total. The number of nitrogens with zero attached hydrogens (tertiary/aromatic N) is 1. The second-order valence-corrected chi connectivity index (χ2v) is 12.7. The fourth-order valence-electron chi connectivity index (χ4n) is 5.12. The Hall–Kier alpha value is -3.48. The van der Waals surface area contributed by atoms with E-state index in [9.17, 15) is 4.57 Å². The zero-order valence-corrected chi connectivity index (χ0v) is 20.3. The standard InChI is InChI=1S/C31H26NOP/c1-34(2,33)25-18-15-22(16-19-25)21-11-13-24(14-12-21)30-27-9-5-6-10-29(27)32-31-26-8-4-3-7-23(26)17-20-28(30)31/h3-16,18-19H,17,20H2,1-2H3. The molecule has 1 aliphatic rings. The Bertz CT molecular complexity index is 1580. The van der Waals surface area contributed by atoms with E-state index in [2.05, 4.69) is 84.9 Å². The molecule has 0 amide bonds. The van der Waals surface area contributed by atoms with Gasteiger partial charge in [0.25, 0.3) is 0 Å². The second-order valence-electron chi connectivity index (χ2n) is 9.46. The largest absolute Gasteiger partial charge is 0.319 e. The minimum absolute atomic E-state index is 0.919. The Kier molecular flexibility index (Phi) is 5.01. The van der Waals surface area contributed by atoms with E-state index >= 15 is 0 Å². The molecule has 1 aromatic heterocycles. The Morgan fingerprint density at radius 3 is 2.03 bits per heavy atom. The number of hydrogen-bond acceptors (Lipinski definition) is 2. The molecule has 166 valence electrons. The van der Waals surface area contributed by atoms with Gasteiger partial charge in [-0.25, -0.2) is 4.98 Å². The minimum Gasteiger partial charge on any atom is -0.319 e. The van der Waals surface area contributed by atoms with Crippen LogP contribution in [0.5, 0.6) is 0 Å². The normalized spacial score (nSPS) is 12.9. The maximum atomic E-state index is 12.4. The lowest BCUT2D eigenvalue weighted by Gasteiger charge is -2.23. The van der Waals surface area contributed by atoms with Crippen LogP contribution >= 0.6 is 7.14 Å². The molecule has 6 rings (SSSR count). The van der Waals surface area contributed by atoms with Crippen LogP contribution in [0.2, 0.25) is 0 Å². The number of aromatic nitrogens is 1. The fourth-order valence-corrected chi connectivity index (χ4v) is 5.99. The first-order valence-electron chi connectivity index (χ1n) is 11.8. The average Bonchev–Trinajstić information content (AvgIpc) is 2.87. The number of rotatable bonds is 3. The van der Waals surface area contributed by atoms with Gasteiger partial charge in [-0.2, -0.15) is 0 Å². The Balaban J connectivity index is 1.48. The molecule has 0 aliphatic heterocycles. The smallest absolute Gasteiger partial charge is 0.109 e. The third kappa shape index (κ3) is 3.59. The summed E-state index contributed by atoms with van der Waals surface area (Å²) in [6.45, 7) is 3.63. The number of fused-ring (bicyclic) bond motifs is 4. The molecule has 0 spiro atoms. The van der Waals surface area contributed by atoms with E-state index in [0.717, 1.165) is 40.5 Å². The zero-order valence-electron chi connectivity index (χ0n) is 19.5. The van der Waals surface area contributed by atoms with Crippen LogP contribution in [-0.4, -0.2) is 18.3 Å². The van der Waals surface area contributed by atoms with Crippen molar-refractivity contribution in [3.05, 3.63) is 108 Å². The van der Waals surface area contributed by atoms with Crippen molar-refractivity contribution in [2.75, 3.05) is 13.3 Å². The van der Waals surface area contributed by atoms with Crippen molar-refractivity contribution in [1.29, 1.82) is 0 Å². The van der Waals surface area contributed by atoms with Gasteiger partial charge in [0.1, 0.15) is 7.14 Å². The summed E-state index contributed by atoms with van der Waals surface area (Å²) < 4.78 is 12.4. The predicted octanol–water partition coefficient (Wildman–Crippen LogP) is 7.58. The maximum absolute atomic E-state index is 12.4. The van der Waals surface area contributed by atoms with Gasteiger partial charge >= 0.3 is 0 Å². The van der Waals surface area contributed by atoms with Crippen molar-refractivity contribution in [1.82, 2.24) is 4.98 Å². The number of aryl methyl sites for hydroxylation is 1. The molecule has 0 bridgehead atoms. The average molecular weight is 460 g/mol. The first-order valence-corrected chi connectivity index (χ1v) is 14.4. The molecule has 0 saturated heterocycles. The molecule has 0 unspecified atom stereocenters. The molecule has 0 fully saturated rings. The summed E-state index contributed by atoms with van der Waals surface area (Å²) in [5.41, 5.74) is 11.0. The zero-order chi connectivity index (χ0) is 23.3. The van der Waals surface area contributed by atoms with Gasteiger partial charge in [0.05, 0.1) is 11.2 Å². The third-order valence-electron chi connectivity index (χ3n) is 6.91. The summed E-state index contributed by atoms with van der Waals surface area (Å²) in [6, 6.07) is 34.1. The lowest BCUT2D eigenvalue weighted by Crippen LogP contribution is -2.08. The lowest BCUT2D eigenvalue weighted by molar-refractivity contribution is 0.588. The molecule has 34 heavy (non-hydrogen) atoms. The molecule has 5 aromatic rings. The number of benzene rings is 4. The van der Waals surface area contributed by atoms with Crippen LogP contribution in [0.15, 0.2) is 97.1 Å². The first kappa shape index (κ1) is 21.1. The highest BCUT2D eigenvalue weighted by Gasteiger charge is 2.23. The van der Waals surface area contributed by atoms with Gasteiger partial charge in [0, 0.05) is 16.3 Å². The van der Waals surface area contributed by atoms with Gasteiger partial charge in [-0.15, -0.1) is 0 Å². The van der Waals surface area contributed by atoms with Crippen molar-refractivity contribution in [2.24, 2.45) is 0 Å². The Morgan fingerprint density at radius 2 is 1.29 bits per heavy atom. The van der Waals surface area contributed by atoms with Gasteiger partial charge in [-0.3, -0.25) is 0 Å². The first-order chi connectivity index (χ1) is 16.5. The van der Waals surface area contributed by atoms with Gasteiger partial charge in [-0.1, -0.05) is 91.0 Å². The van der Waals surface area contributed by atoms with E-state index in [-0.39, 0.29) is 0 Å². The number of pyridine rings is 1. The van der Waals surface area contributed by atoms with Gasteiger partial charge in [0.2, 0.25) is 0 Å². The van der Waals surface area contributed by atoms with Crippen LogP contribution in [0.4, 0.5) is 0 Å². The van der Waals surface area contributed by atoms with Crippen LogP contribution in [0, 0.1) is 0 Å². The topological polar surface area (TPSA) is 30.0 Å². The van der Waals surface area contributed by atoms with Crippen LogP contribution in [0.25, 0.3) is 44.4 Å². The molecule has 1 aliphatic carbocycles. The minimum atomic E-state index is -2.24. The highest BCUT2D eigenvalue weighted by atomic mass is 31.2. The summed E-state index contributed by atoms with van der Waals surface area (Å²) >= 11 is 0. The maximum Gasteiger partial charge on any atom is 0.109 e. The summed E-state index contributed by atoms with van der Waals surface area (Å²) in [5.74, 6) is 0. The molecule has 2 nitrogen and oxygen atoms in total. The predicted molar refractivity (Wildman–Crippen MR) is 145 cm³/mol. The summed E-state index contributed by atoms with van der Waals surface area (Å²) in [6.07, 6.45) is 2.04. The second kappa shape index (κ2) is 8.08. The van der Waals surface area contributed by atoms with Gasteiger partial charge in [-0.05, 0) is 65.6 Å². The van der Waals surface area contributed by atoms with Crippen molar-refractivity contribution in [3.8, 4) is 33.5 Å². The van der Waals surface area contributed by atoms with Crippen LogP contribution in [0.3, 0.4) is 0 Å². The van der Waals surface area contributed by atoms with Crippen LogP contribution in [0.1, 0.15) is 11.1 Å². The monoisotopic (exact) mass is 459 g/mol. The fraction of sp³-hybridized carbons (Fsp3) is 0.129. The lowest BCUT2D eigenvalue weighted by atomic mass is 9.83. The van der Waals surface area contributed by atoms with Crippen molar-refractivity contribution in [3.63, 3.8) is 0 Å². The van der Waals surface area contributed by atoms with E-state index in [1.165, 1.54) is 33.2 Å². The summed E-state index contributed by atoms with van der Waals surface area (Å²) in [4.78, 5) is 5.11. The van der Waals surface area contributed by atoms with Crippen LogP contribution in [-0.2, 0) is 17.4 Å². The molecule has 0 radical (unpaired) electrons. The molecular weight excluding hydrogens is 433 g/mol. The van der Waals surface area contributed by atoms with Crippen molar-refractivity contribution >= 4 is 23.3 Å².